The van der Waals surface area contributed by atoms with E-state index in [4.69, 9.17) is 0 Å². The quantitative estimate of drug-likeness (QED) is 0.782. The second-order valence-corrected chi connectivity index (χ2v) is 6.25. The Hall–Kier alpha value is -2.27. The lowest BCUT2D eigenvalue weighted by atomic mass is 10.1. The van der Waals surface area contributed by atoms with Crippen molar-refractivity contribution in [3.8, 4) is 0 Å². The van der Waals surface area contributed by atoms with Gasteiger partial charge in [-0.3, -0.25) is 4.79 Å². The molecule has 3 aromatic rings. The van der Waals surface area contributed by atoms with E-state index in [0.717, 1.165) is 22.8 Å². The smallest absolute Gasteiger partial charge is 0.251 e. The summed E-state index contributed by atoms with van der Waals surface area (Å²) in [7, 11) is 0. The summed E-state index contributed by atoms with van der Waals surface area (Å²) in [4.78, 5) is 16.8. The van der Waals surface area contributed by atoms with Crippen molar-refractivity contribution >= 4 is 23.3 Å². The number of carbonyl (C=O) groups excluding carboxylic acids is 1. The molecule has 2 aromatic heterocycles. The molecule has 0 aliphatic heterocycles. The van der Waals surface area contributed by atoms with Gasteiger partial charge in [-0.15, -0.1) is 0 Å². The van der Waals surface area contributed by atoms with Gasteiger partial charge in [-0.2, -0.15) is 11.8 Å². The van der Waals surface area contributed by atoms with E-state index in [1.165, 1.54) is 5.56 Å². The molecule has 0 spiro atoms. The summed E-state index contributed by atoms with van der Waals surface area (Å²) in [6.45, 7) is 2.42. The highest BCUT2D eigenvalue weighted by atomic mass is 32.2. The number of benzene rings is 1. The van der Waals surface area contributed by atoms with Crippen LogP contribution in [0.4, 0.5) is 0 Å². The molecule has 0 radical (unpaired) electrons. The molecule has 1 N–H and O–H groups in total. The minimum Gasteiger partial charge on any atom is -0.346 e. The Labute approximate surface area is 139 Å². The van der Waals surface area contributed by atoms with Crippen molar-refractivity contribution in [1.82, 2.24) is 14.7 Å². The highest BCUT2D eigenvalue weighted by molar-refractivity contribution is 7.97. The lowest BCUT2D eigenvalue weighted by Crippen LogP contribution is -2.23. The SMILES string of the molecule is CSCc1ccc(C(=O)NCc2c(C)nc3ccccn23)cc1. The molecule has 118 valence electrons. The number of thioether (sulfide) groups is 1. The van der Waals surface area contributed by atoms with E-state index in [9.17, 15) is 4.79 Å². The van der Waals surface area contributed by atoms with Crippen LogP contribution in [0.3, 0.4) is 0 Å². The van der Waals surface area contributed by atoms with Gasteiger partial charge in [-0.05, 0) is 43.0 Å². The van der Waals surface area contributed by atoms with Crippen LogP contribution in [-0.2, 0) is 12.3 Å². The summed E-state index contributed by atoms with van der Waals surface area (Å²) in [6.07, 6.45) is 4.03. The molecule has 5 heteroatoms. The monoisotopic (exact) mass is 325 g/mol. The normalized spacial score (nSPS) is 10.9. The zero-order valence-corrected chi connectivity index (χ0v) is 14.1. The summed E-state index contributed by atoms with van der Waals surface area (Å²) in [6, 6.07) is 13.6. The van der Waals surface area contributed by atoms with Crippen LogP contribution in [0.25, 0.3) is 5.65 Å². The summed E-state index contributed by atoms with van der Waals surface area (Å²) < 4.78 is 2.01. The van der Waals surface area contributed by atoms with Crippen LogP contribution >= 0.6 is 11.8 Å². The van der Waals surface area contributed by atoms with Gasteiger partial charge in [0.15, 0.2) is 0 Å². The maximum absolute atomic E-state index is 12.3. The van der Waals surface area contributed by atoms with Crippen molar-refractivity contribution < 1.29 is 4.79 Å². The van der Waals surface area contributed by atoms with E-state index < -0.39 is 0 Å². The Bertz CT molecular complexity index is 824. The maximum Gasteiger partial charge on any atom is 0.251 e. The van der Waals surface area contributed by atoms with E-state index in [1.807, 2.05) is 60.0 Å². The number of rotatable bonds is 5. The molecule has 4 nitrogen and oxygen atoms in total. The van der Waals surface area contributed by atoms with Crippen molar-refractivity contribution in [2.75, 3.05) is 6.26 Å². The molecule has 1 amide bonds. The third-order valence-corrected chi connectivity index (χ3v) is 4.39. The highest BCUT2D eigenvalue weighted by Crippen LogP contribution is 2.13. The molecule has 2 heterocycles. The first-order chi connectivity index (χ1) is 11.2. The molecule has 0 bridgehead atoms. The fourth-order valence-corrected chi connectivity index (χ4v) is 3.09. The number of imidazole rings is 1. The van der Waals surface area contributed by atoms with Crippen molar-refractivity contribution in [1.29, 1.82) is 0 Å². The Morgan fingerprint density at radius 2 is 2.00 bits per heavy atom. The number of hydrogen-bond acceptors (Lipinski definition) is 3. The minimum absolute atomic E-state index is 0.0639. The van der Waals surface area contributed by atoms with Gasteiger partial charge >= 0.3 is 0 Å². The van der Waals surface area contributed by atoms with E-state index >= 15 is 0 Å². The van der Waals surface area contributed by atoms with Crippen LogP contribution in [0.2, 0.25) is 0 Å². The van der Waals surface area contributed by atoms with Gasteiger partial charge < -0.3 is 9.72 Å². The van der Waals surface area contributed by atoms with Crippen LogP contribution in [0.15, 0.2) is 48.7 Å². The first-order valence-electron chi connectivity index (χ1n) is 7.47. The Kier molecular flexibility index (Phi) is 4.67. The van der Waals surface area contributed by atoms with Gasteiger partial charge in [0.05, 0.1) is 17.9 Å². The summed E-state index contributed by atoms with van der Waals surface area (Å²) in [5, 5.41) is 2.98. The molecule has 0 atom stereocenters. The second kappa shape index (κ2) is 6.87. The molecule has 0 aliphatic carbocycles. The number of carbonyl (C=O) groups is 1. The zero-order chi connectivity index (χ0) is 16.2. The van der Waals surface area contributed by atoms with Crippen LogP contribution in [-0.4, -0.2) is 21.5 Å². The standard InChI is InChI=1S/C18H19N3OS/c1-13-16(21-10-4-3-5-17(21)20-13)11-19-18(22)15-8-6-14(7-9-15)12-23-2/h3-10H,11-12H2,1-2H3,(H,19,22). The molecular weight excluding hydrogens is 306 g/mol. The van der Waals surface area contributed by atoms with Gasteiger partial charge in [0.2, 0.25) is 0 Å². The molecule has 0 saturated carbocycles. The first-order valence-corrected chi connectivity index (χ1v) is 8.87. The zero-order valence-electron chi connectivity index (χ0n) is 13.2. The molecule has 0 saturated heterocycles. The van der Waals surface area contributed by atoms with Gasteiger partial charge in [-0.25, -0.2) is 4.98 Å². The van der Waals surface area contributed by atoms with Gasteiger partial charge in [-0.1, -0.05) is 18.2 Å². The third-order valence-electron chi connectivity index (χ3n) is 3.77. The Morgan fingerprint density at radius 1 is 1.22 bits per heavy atom. The summed E-state index contributed by atoms with van der Waals surface area (Å²) >= 11 is 1.77. The summed E-state index contributed by atoms with van der Waals surface area (Å²) in [5.41, 5.74) is 4.75. The van der Waals surface area contributed by atoms with E-state index in [1.54, 1.807) is 11.8 Å². The number of aromatic nitrogens is 2. The van der Waals surface area contributed by atoms with Gasteiger partial charge in [0.25, 0.3) is 5.91 Å². The third kappa shape index (κ3) is 3.40. The van der Waals surface area contributed by atoms with Crippen LogP contribution in [0.1, 0.15) is 27.3 Å². The van der Waals surface area contributed by atoms with Crippen LogP contribution < -0.4 is 5.32 Å². The number of pyridine rings is 1. The number of nitrogens with zero attached hydrogens (tertiary/aromatic N) is 2. The van der Waals surface area contributed by atoms with Crippen LogP contribution in [0, 0.1) is 6.92 Å². The number of hydrogen-bond donors (Lipinski definition) is 1. The van der Waals surface area contributed by atoms with Crippen LogP contribution in [0.5, 0.6) is 0 Å². The van der Waals surface area contributed by atoms with E-state index in [0.29, 0.717) is 12.1 Å². The highest BCUT2D eigenvalue weighted by Gasteiger charge is 2.10. The molecule has 0 fully saturated rings. The second-order valence-electron chi connectivity index (χ2n) is 5.39. The molecule has 0 unspecified atom stereocenters. The minimum atomic E-state index is -0.0639. The fraction of sp³-hybridized carbons (Fsp3) is 0.222. The van der Waals surface area contributed by atoms with E-state index in [2.05, 4.69) is 16.6 Å². The van der Waals surface area contributed by atoms with Crippen molar-refractivity contribution in [2.45, 2.75) is 19.2 Å². The Morgan fingerprint density at radius 3 is 2.74 bits per heavy atom. The Balaban J connectivity index is 1.71. The van der Waals surface area contributed by atoms with Gasteiger partial charge in [0, 0.05) is 17.5 Å². The van der Waals surface area contributed by atoms with E-state index in [-0.39, 0.29) is 5.91 Å². The number of fused-ring (bicyclic) bond motifs is 1. The predicted molar refractivity (Wildman–Crippen MR) is 94.8 cm³/mol. The van der Waals surface area contributed by atoms with Gasteiger partial charge in [0.1, 0.15) is 5.65 Å². The molecule has 0 aliphatic rings. The van der Waals surface area contributed by atoms with Crippen molar-refractivity contribution in [3.05, 3.63) is 71.2 Å². The average molecular weight is 325 g/mol. The molecule has 1 aromatic carbocycles. The molecular formula is C18H19N3OS. The lowest BCUT2D eigenvalue weighted by molar-refractivity contribution is 0.0950. The predicted octanol–water partition coefficient (Wildman–Crippen LogP) is 3.44. The topological polar surface area (TPSA) is 46.4 Å². The summed E-state index contributed by atoms with van der Waals surface area (Å²) in [5.74, 6) is 0.897. The fourth-order valence-electron chi connectivity index (χ4n) is 2.56. The maximum atomic E-state index is 12.3. The average Bonchev–Trinajstić information content (AvgIpc) is 2.89. The lowest BCUT2D eigenvalue weighted by Gasteiger charge is -2.07. The van der Waals surface area contributed by atoms with Crippen molar-refractivity contribution in [3.63, 3.8) is 0 Å². The number of aryl methyl sites for hydroxylation is 1. The molecule has 3 rings (SSSR count). The number of amides is 1. The first kappa shape index (κ1) is 15.6. The number of nitrogens with one attached hydrogen (secondary N) is 1. The molecule has 23 heavy (non-hydrogen) atoms. The largest absolute Gasteiger partial charge is 0.346 e. The van der Waals surface area contributed by atoms with Crippen molar-refractivity contribution in [2.24, 2.45) is 0 Å².